The van der Waals surface area contributed by atoms with E-state index in [0.717, 1.165) is 11.8 Å². The molecule has 0 saturated heterocycles. The van der Waals surface area contributed by atoms with E-state index in [0.29, 0.717) is 5.56 Å². The first-order chi connectivity index (χ1) is 7.16. The van der Waals surface area contributed by atoms with Gasteiger partial charge in [0, 0.05) is 6.26 Å². The van der Waals surface area contributed by atoms with E-state index in [4.69, 9.17) is 11.6 Å². The van der Waals surface area contributed by atoms with Gasteiger partial charge in [0.2, 0.25) is 3.12 Å². The Labute approximate surface area is 108 Å². The molecule has 3 nitrogen and oxygen atoms in total. The molecule has 0 fully saturated rings. The lowest BCUT2D eigenvalue weighted by molar-refractivity contribution is 0.185. The van der Waals surface area contributed by atoms with Crippen LogP contribution in [0.1, 0.15) is 17.2 Å². The predicted octanol–water partition coefficient (Wildman–Crippen LogP) is 2.36. The standard InChI is InChI=1S/C10H12BrClO3S/c1-7-4-3-5-8(6-7)9(13)10(11,12)16(2,14)15/h3-6,9,13H,1-2H3/t9-,10+/m0/s1. The summed E-state index contributed by atoms with van der Waals surface area (Å²) in [4.78, 5) is 0. The van der Waals surface area contributed by atoms with Gasteiger partial charge in [-0.1, -0.05) is 41.4 Å². The zero-order valence-electron chi connectivity index (χ0n) is 8.81. The summed E-state index contributed by atoms with van der Waals surface area (Å²) >= 11 is 8.68. The summed E-state index contributed by atoms with van der Waals surface area (Å²) in [7, 11) is -3.63. The maximum Gasteiger partial charge on any atom is 0.228 e. The largest absolute Gasteiger partial charge is 0.385 e. The molecular formula is C10H12BrClO3S. The molecule has 6 heteroatoms. The summed E-state index contributed by atoms with van der Waals surface area (Å²) < 4.78 is 20.9. The van der Waals surface area contributed by atoms with Crippen molar-refractivity contribution >= 4 is 37.4 Å². The first-order valence-corrected chi connectivity index (χ1v) is 7.54. The summed E-state index contributed by atoms with van der Waals surface area (Å²) in [6.07, 6.45) is -0.364. The molecule has 0 aliphatic rings. The number of aliphatic hydroxyl groups excluding tert-OH is 1. The molecule has 0 amide bonds. The third-order valence-electron chi connectivity index (χ3n) is 2.17. The maximum atomic E-state index is 11.4. The number of aryl methyl sites for hydroxylation is 1. The van der Waals surface area contributed by atoms with Gasteiger partial charge in [0.15, 0.2) is 9.84 Å². The van der Waals surface area contributed by atoms with Gasteiger partial charge in [-0.3, -0.25) is 0 Å². The van der Waals surface area contributed by atoms with Gasteiger partial charge >= 0.3 is 0 Å². The monoisotopic (exact) mass is 326 g/mol. The second-order valence-electron chi connectivity index (χ2n) is 3.65. The van der Waals surface area contributed by atoms with E-state index >= 15 is 0 Å². The van der Waals surface area contributed by atoms with Crippen LogP contribution in [0.25, 0.3) is 0 Å². The van der Waals surface area contributed by atoms with Gasteiger partial charge in [-0.25, -0.2) is 8.42 Å². The van der Waals surface area contributed by atoms with Crippen molar-refractivity contribution < 1.29 is 13.5 Å². The molecule has 0 aromatic heterocycles. The SMILES string of the molecule is Cc1cccc([C@H](O)[C@](Cl)(Br)S(C)(=O)=O)c1. The van der Waals surface area contributed by atoms with E-state index in [2.05, 4.69) is 15.9 Å². The first kappa shape index (κ1) is 14.0. The van der Waals surface area contributed by atoms with Crippen molar-refractivity contribution in [1.82, 2.24) is 0 Å². The van der Waals surface area contributed by atoms with Crippen molar-refractivity contribution in [2.75, 3.05) is 6.26 Å². The van der Waals surface area contributed by atoms with Gasteiger partial charge in [-0.05, 0) is 28.4 Å². The predicted molar refractivity (Wildman–Crippen MR) is 68.5 cm³/mol. The molecule has 0 radical (unpaired) electrons. The highest BCUT2D eigenvalue weighted by molar-refractivity contribution is 9.12. The number of rotatable bonds is 3. The van der Waals surface area contributed by atoms with Crippen molar-refractivity contribution in [3.05, 3.63) is 35.4 Å². The Hall–Kier alpha value is -0.100. The smallest absolute Gasteiger partial charge is 0.228 e. The Bertz CT molecular complexity index is 485. The van der Waals surface area contributed by atoms with Crippen molar-refractivity contribution in [3.8, 4) is 0 Å². The topological polar surface area (TPSA) is 54.4 Å². The van der Waals surface area contributed by atoms with Gasteiger partial charge in [0.1, 0.15) is 6.10 Å². The molecule has 1 N–H and O–H groups in total. The highest BCUT2D eigenvalue weighted by Crippen LogP contribution is 2.42. The highest BCUT2D eigenvalue weighted by atomic mass is 79.9. The molecule has 0 spiro atoms. The molecule has 90 valence electrons. The van der Waals surface area contributed by atoms with Crippen LogP contribution in [0.4, 0.5) is 0 Å². The van der Waals surface area contributed by atoms with Crippen molar-refractivity contribution in [1.29, 1.82) is 0 Å². The van der Waals surface area contributed by atoms with E-state index in [9.17, 15) is 13.5 Å². The van der Waals surface area contributed by atoms with Crippen molar-refractivity contribution in [3.63, 3.8) is 0 Å². The number of hydrogen-bond donors (Lipinski definition) is 1. The van der Waals surface area contributed by atoms with Gasteiger partial charge < -0.3 is 5.11 Å². The summed E-state index contributed by atoms with van der Waals surface area (Å²) in [5.74, 6) is 0. The third-order valence-corrected chi connectivity index (χ3v) is 6.63. The minimum atomic E-state index is -3.63. The number of sulfone groups is 1. The summed E-state index contributed by atoms with van der Waals surface area (Å²) in [5, 5.41) is 9.95. The normalized spacial score (nSPS) is 17.8. The van der Waals surface area contributed by atoms with E-state index in [1.165, 1.54) is 0 Å². The van der Waals surface area contributed by atoms with Crippen LogP contribution in [0.5, 0.6) is 0 Å². The number of aliphatic hydroxyl groups is 1. The van der Waals surface area contributed by atoms with Crippen LogP contribution in [0, 0.1) is 6.92 Å². The lowest BCUT2D eigenvalue weighted by Crippen LogP contribution is -2.32. The van der Waals surface area contributed by atoms with Crippen LogP contribution in [0.3, 0.4) is 0 Å². The van der Waals surface area contributed by atoms with Crippen LogP contribution < -0.4 is 0 Å². The minimum absolute atomic E-state index is 0.456. The fraction of sp³-hybridized carbons (Fsp3) is 0.400. The molecule has 2 atom stereocenters. The van der Waals surface area contributed by atoms with Crippen LogP contribution >= 0.6 is 27.5 Å². The molecule has 1 aromatic carbocycles. The lowest BCUT2D eigenvalue weighted by atomic mass is 10.1. The zero-order valence-corrected chi connectivity index (χ0v) is 12.0. The number of hydrogen-bond acceptors (Lipinski definition) is 3. The zero-order chi connectivity index (χ0) is 12.6. The van der Waals surface area contributed by atoms with E-state index in [1.807, 2.05) is 13.0 Å². The fourth-order valence-corrected chi connectivity index (χ4v) is 2.17. The number of alkyl halides is 2. The molecule has 0 heterocycles. The molecule has 0 aliphatic carbocycles. The number of benzene rings is 1. The van der Waals surface area contributed by atoms with Gasteiger partial charge in [0.05, 0.1) is 0 Å². The van der Waals surface area contributed by atoms with Gasteiger partial charge in [0.25, 0.3) is 0 Å². The molecule has 0 unspecified atom stereocenters. The van der Waals surface area contributed by atoms with Crippen molar-refractivity contribution in [2.24, 2.45) is 0 Å². The van der Waals surface area contributed by atoms with Gasteiger partial charge in [-0.2, -0.15) is 0 Å². The van der Waals surface area contributed by atoms with E-state index < -0.39 is 19.1 Å². The van der Waals surface area contributed by atoms with Crippen LogP contribution in [0.2, 0.25) is 0 Å². The molecule has 0 bridgehead atoms. The van der Waals surface area contributed by atoms with Crippen LogP contribution in [-0.2, 0) is 9.84 Å². The Morgan fingerprint density at radius 3 is 2.50 bits per heavy atom. The Morgan fingerprint density at radius 1 is 1.50 bits per heavy atom. The van der Waals surface area contributed by atoms with Crippen LogP contribution in [0.15, 0.2) is 24.3 Å². The van der Waals surface area contributed by atoms with Crippen molar-refractivity contribution in [2.45, 2.75) is 16.1 Å². The third kappa shape index (κ3) is 2.77. The van der Waals surface area contributed by atoms with Gasteiger partial charge in [-0.15, -0.1) is 0 Å². The Balaban J connectivity index is 3.17. The second kappa shape index (κ2) is 4.64. The molecule has 0 aliphatic heterocycles. The maximum absolute atomic E-state index is 11.4. The average molecular weight is 328 g/mol. The van der Waals surface area contributed by atoms with E-state index in [1.54, 1.807) is 18.2 Å². The lowest BCUT2D eigenvalue weighted by Gasteiger charge is -2.24. The molecular weight excluding hydrogens is 316 g/mol. The Kier molecular flexibility index (Phi) is 4.05. The molecule has 1 aromatic rings. The molecule has 0 saturated carbocycles. The minimum Gasteiger partial charge on any atom is -0.385 e. The highest BCUT2D eigenvalue weighted by Gasteiger charge is 2.44. The first-order valence-electron chi connectivity index (χ1n) is 4.48. The molecule has 1 rings (SSSR count). The fourth-order valence-electron chi connectivity index (χ4n) is 1.24. The Morgan fingerprint density at radius 2 is 2.06 bits per heavy atom. The average Bonchev–Trinajstić information content (AvgIpc) is 2.14. The molecule has 16 heavy (non-hydrogen) atoms. The second-order valence-corrected chi connectivity index (χ2v) is 8.89. The van der Waals surface area contributed by atoms with E-state index in [-0.39, 0.29) is 0 Å². The number of halogens is 2. The summed E-state index contributed by atoms with van der Waals surface area (Å²) in [6, 6.07) is 6.90. The summed E-state index contributed by atoms with van der Waals surface area (Å²) in [6.45, 7) is 1.85. The quantitative estimate of drug-likeness (QED) is 0.867. The summed E-state index contributed by atoms with van der Waals surface area (Å²) in [5.41, 5.74) is 1.38. The van der Waals surface area contributed by atoms with Crippen LogP contribution in [-0.4, -0.2) is 22.9 Å².